The third-order valence-corrected chi connectivity index (χ3v) is 4.94. The maximum atomic E-state index is 13.1. The highest BCUT2D eigenvalue weighted by molar-refractivity contribution is 5.99. The summed E-state index contributed by atoms with van der Waals surface area (Å²) in [7, 11) is 1.37. The van der Waals surface area contributed by atoms with Crippen molar-refractivity contribution in [1.82, 2.24) is 20.4 Å². The minimum Gasteiger partial charge on any atom is -0.445 e. The van der Waals surface area contributed by atoms with Gasteiger partial charge in [0.15, 0.2) is 0 Å². The summed E-state index contributed by atoms with van der Waals surface area (Å²) in [5.74, 6) is -2.35. The van der Waals surface area contributed by atoms with Crippen molar-refractivity contribution in [2.24, 2.45) is 11.8 Å². The molecule has 0 saturated carbocycles. The predicted octanol–water partition coefficient (Wildman–Crippen LogP) is 2.49. The van der Waals surface area contributed by atoms with E-state index in [1.807, 2.05) is 58.0 Å². The van der Waals surface area contributed by atoms with Crippen LogP contribution in [-0.4, -0.2) is 46.8 Å². The van der Waals surface area contributed by atoms with Gasteiger partial charge < -0.3 is 24.5 Å². The molecule has 2 atom stereocenters. The highest BCUT2D eigenvalue weighted by Gasteiger charge is 2.31. The fourth-order valence-corrected chi connectivity index (χ4v) is 3.34. The zero-order valence-corrected chi connectivity index (χ0v) is 20.8. The molecule has 1 aromatic carbocycles. The van der Waals surface area contributed by atoms with Gasteiger partial charge in [-0.05, 0) is 30.2 Å². The number of benzene rings is 1. The van der Waals surface area contributed by atoms with Crippen LogP contribution in [0.25, 0.3) is 0 Å². The van der Waals surface area contributed by atoms with Gasteiger partial charge in [0.1, 0.15) is 19.4 Å². The Morgan fingerprint density at radius 3 is 2.23 bits per heavy atom. The van der Waals surface area contributed by atoms with Gasteiger partial charge in [0, 0.05) is 7.11 Å². The third kappa shape index (κ3) is 9.01. The number of alkyl carbamates (subject to hydrolysis) is 1. The Hall–Kier alpha value is -3.47. The van der Waals surface area contributed by atoms with Crippen LogP contribution >= 0.6 is 0 Å². The Morgan fingerprint density at radius 2 is 1.63 bits per heavy atom. The van der Waals surface area contributed by atoms with E-state index in [1.54, 1.807) is 0 Å². The standard InChI is InChI=1S/C24H34N4O7/c1-15(2)11-18(20(29)22-27-28(14-33-5)24(32)35-22)25-21(30)19(12-16(3)4)26-23(31)34-13-17-9-7-6-8-10-17/h6-10,15-16,18-19H,11-14H2,1-5H3,(H,25,30)(H,26,31)/t18?,19-/m0/s1. The van der Waals surface area contributed by atoms with Crippen molar-refractivity contribution < 1.29 is 28.3 Å². The quantitative estimate of drug-likeness (QED) is 0.408. The molecule has 2 amide bonds. The number of amides is 2. The molecule has 0 radical (unpaired) electrons. The molecule has 11 nitrogen and oxygen atoms in total. The number of ether oxygens (including phenoxy) is 2. The zero-order chi connectivity index (χ0) is 26.0. The Bertz CT molecular complexity index is 1030. The van der Waals surface area contributed by atoms with Gasteiger partial charge in [0.05, 0.1) is 6.04 Å². The number of carbonyl (C=O) groups excluding carboxylic acids is 3. The van der Waals surface area contributed by atoms with Crippen LogP contribution < -0.4 is 16.4 Å². The minimum atomic E-state index is -1.01. The topological polar surface area (TPSA) is 142 Å². The maximum Gasteiger partial charge on any atom is 0.439 e. The number of ketones is 1. The normalized spacial score (nSPS) is 12.9. The van der Waals surface area contributed by atoms with E-state index >= 15 is 0 Å². The maximum absolute atomic E-state index is 13.1. The number of hydrogen-bond acceptors (Lipinski definition) is 8. The second-order valence-corrected chi connectivity index (χ2v) is 9.03. The number of Topliss-reactive ketones (excluding diaryl/α,β-unsaturated/α-hetero) is 1. The van der Waals surface area contributed by atoms with Gasteiger partial charge in [-0.3, -0.25) is 9.59 Å². The predicted molar refractivity (Wildman–Crippen MR) is 126 cm³/mol. The first-order valence-corrected chi connectivity index (χ1v) is 11.5. The average molecular weight is 491 g/mol. The molecule has 1 heterocycles. The monoisotopic (exact) mass is 490 g/mol. The number of aromatic nitrogens is 2. The van der Waals surface area contributed by atoms with Crippen molar-refractivity contribution in [1.29, 1.82) is 0 Å². The summed E-state index contributed by atoms with van der Waals surface area (Å²) in [5, 5.41) is 9.13. The number of carbonyl (C=O) groups is 3. The van der Waals surface area contributed by atoms with Crippen LogP contribution in [-0.2, 0) is 27.6 Å². The molecule has 0 spiro atoms. The Morgan fingerprint density at radius 1 is 1.00 bits per heavy atom. The molecule has 2 aromatic rings. The number of nitrogens with zero attached hydrogens (tertiary/aromatic N) is 2. The van der Waals surface area contributed by atoms with Crippen molar-refractivity contribution in [3.8, 4) is 0 Å². The number of nitrogens with one attached hydrogen (secondary N) is 2. The van der Waals surface area contributed by atoms with Crippen LogP contribution in [0.15, 0.2) is 39.5 Å². The molecular formula is C24H34N4O7. The first-order valence-electron chi connectivity index (χ1n) is 11.5. The summed E-state index contributed by atoms with van der Waals surface area (Å²) < 4.78 is 15.9. The second-order valence-electron chi connectivity index (χ2n) is 9.03. The van der Waals surface area contributed by atoms with E-state index in [0.29, 0.717) is 6.42 Å². The van der Waals surface area contributed by atoms with E-state index in [1.165, 1.54) is 7.11 Å². The minimum absolute atomic E-state index is 0.0318. The molecule has 2 rings (SSSR count). The third-order valence-electron chi connectivity index (χ3n) is 4.94. The SMILES string of the molecule is COCn1nc(C(=O)C(CC(C)C)NC(=O)[C@H](CC(C)C)NC(=O)OCc2ccccc2)oc1=O. The Kier molecular flexibility index (Phi) is 10.7. The van der Waals surface area contributed by atoms with Gasteiger partial charge in [-0.2, -0.15) is 4.68 Å². The highest BCUT2D eigenvalue weighted by Crippen LogP contribution is 2.12. The molecular weight excluding hydrogens is 456 g/mol. The van der Waals surface area contributed by atoms with Crippen LogP contribution in [0, 0.1) is 11.8 Å². The molecule has 0 aliphatic rings. The number of methoxy groups -OCH3 is 1. The van der Waals surface area contributed by atoms with E-state index in [4.69, 9.17) is 13.9 Å². The molecule has 35 heavy (non-hydrogen) atoms. The molecule has 1 aromatic heterocycles. The molecule has 11 heteroatoms. The largest absolute Gasteiger partial charge is 0.445 e. The summed E-state index contributed by atoms with van der Waals surface area (Å²) in [6, 6.07) is 7.22. The first-order chi connectivity index (χ1) is 16.6. The van der Waals surface area contributed by atoms with Crippen molar-refractivity contribution >= 4 is 17.8 Å². The molecule has 0 aliphatic heterocycles. The molecule has 0 bridgehead atoms. The van der Waals surface area contributed by atoms with Gasteiger partial charge in [-0.15, -0.1) is 5.10 Å². The molecule has 0 saturated heterocycles. The zero-order valence-electron chi connectivity index (χ0n) is 20.8. The van der Waals surface area contributed by atoms with Crippen LogP contribution in [0.4, 0.5) is 4.79 Å². The van der Waals surface area contributed by atoms with Crippen molar-refractivity contribution in [2.75, 3.05) is 7.11 Å². The highest BCUT2D eigenvalue weighted by atomic mass is 16.5. The van der Waals surface area contributed by atoms with Crippen LogP contribution in [0.5, 0.6) is 0 Å². The van der Waals surface area contributed by atoms with E-state index in [0.717, 1.165) is 10.2 Å². The van der Waals surface area contributed by atoms with E-state index in [-0.39, 0.29) is 31.6 Å². The van der Waals surface area contributed by atoms with Crippen LogP contribution in [0.2, 0.25) is 0 Å². The summed E-state index contributed by atoms with van der Waals surface area (Å²) >= 11 is 0. The molecule has 1 unspecified atom stereocenters. The Balaban J connectivity index is 2.12. The van der Waals surface area contributed by atoms with Gasteiger partial charge in [-0.1, -0.05) is 58.0 Å². The molecule has 2 N–H and O–H groups in total. The van der Waals surface area contributed by atoms with Gasteiger partial charge in [0.2, 0.25) is 11.7 Å². The van der Waals surface area contributed by atoms with Crippen LogP contribution in [0.3, 0.4) is 0 Å². The van der Waals surface area contributed by atoms with E-state index < -0.39 is 41.5 Å². The summed E-state index contributed by atoms with van der Waals surface area (Å²) in [4.78, 5) is 50.4. The smallest absolute Gasteiger partial charge is 0.439 e. The van der Waals surface area contributed by atoms with Gasteiger partial charge in [0.25, 0.3) is 5.89 Å². The number of rotatable bonds is 13. The van der Waals surface area contributed by atoms with Crippen molar-refractivity contribution in [3.05, 3.63) is 52.3 Å². The lowest BCUT2D eigenvalue weighted by atomic mass is 9.98. The number of hydrogen-bond donors (Lipinski definition) is 2. The van der Waals surface area contributed by atoms with E-state index in [9.17, 15) is 19.2 Å². The average Bonchev–Trinajstić information content (AvgIpc) is 3.17. The van der Waals surface area contributed by atoms with Crippen LogP contribution in [0.1, 0.15) is 56.8 Å². The summed E-state index contributed by atoms with van der Waals surface area (Å²) in [6.07, 6.45) is -0.143. The van der Waals surface area contributed by atoms with Crippen molar-refractivity contribution in [3.63, 3.8) is 0 Å². The summed E-state index contributed by atoms with van der Waals surface area (Å²) in [6.45, 7) is 7.46. The van der Waals surface area contributed by atoms with Crippen molar-refractivity contribution in [2.45, 2.75) is 66.0 Å². The van der Waals surface area contributed by atoms with Gasteiger partial charge in [-0.25, -0.2) is 9.59 Å². The van der Waals surface area contributed by atoms with E-state index in [2.05, 4.69) is 15.7 Å². The Labute approximate surface area is 204 Å². The fraction of sp³-hybridized carbons (Fsp3) is 0.542. The lowest BCUT2D eigenvalue weighted by molar-refractivity contribution is -0.124. The lowest BCUT2D eigenvalue weighted by Crippen LogP contribution is -2.52. The molecule has 192 valence electrons. The molecule has 0 aliphatic carbocycles. The second kappa shape index (κ2) is 13.4. The summed E-state index contributed by atoms with van der Waals surface area (Å²) in [5.41, 5.74) is 0.810. The van der Waals surface area contributed by atoms with Gasteiger partial charge >= 0.3 is 11.8 Å². The lowest BCUT2D eigenvalue weighted by Gasteiger charge is -2.24. The first kappa shape index (κ1) is 27.8. The fourth-order valence-electron chi connectivity index (χ4n) is 3.34. The molecule has 0 fully saturated rings.